The quantitative estimate of drug-likeness (QED) is 0.470. The van der Waals surface area contributed by atoms with Crippen molar-refractivity contribution in [1.82, 2.24) is 9.97 Å². The molecule has 0 aliphatic carbocycles. The van der Waals surface area contributed by atoms with E-state index in [9.17, 15) is 0 Å². The molecule has 3 aromatic carbocycles. The van der Waals surface area contributed by atoms with E-state index >= 15 is 0 Å². The Labute approximate surface area is 117 Å². The van der Waals surface area contributed by atoms with Gasteiger partial charge in [-0.3, -0.25) is 4.98 Å². The largest absolute Gasteiger partial charge is 0.252 e. The highest BCUT2D eigenvalue weighted by Crippen LogP contribution is 2.32. The maximum Gasteiger partial charge on any atom is 0.0975 e. The summed E-state index contributed by atoms with van der Waals surface area (Å²) in [6.45, 7) is 2.11. The van der Waals surface area contributed by atoms with Crippen molar-refractivity contribution in [1.29, 1.82) is 0 Å². The van der Waals surface area contributed by atoms with Crippen LogP contribution in [0, 0.1) is 0 Å². The Kier molecular flexibility index (Phi) is 2.43. The molecule has 0 saturated heterocycles. The van der Waals surface area contributed by atoms with Crippen LogP contribution in [0.4, 0.5) is 0 Å². The van der Waals surface area contributed by atoms with E-state index in [1.165, 1.54) is 21.5 Å². The number of nitrogens with zero attached hydrogens (tertiary/aromatic N) is 2. The maximum atomic E-state index is 4.81. The topological polar surface area (TPSA) is 25.8 Å². The second-order valence-electron chi connectivity index (χ2n) is 5.00. The van der Waals surface area contributed by atoms with Crippen LogP contribution in [0.15, 0.2) is 54.7 Å². The first-order valence-electron chi connectivity index (χ1n) is 6.93. The Hall–Kier alpha value is -2.48. The van der Waals surface area contributed by atoms with Crippen molar-refractivity contribution in [2.24, 2.45) is 0 Å². The maximum absolute atomic E-state index is 4.81. The van der Waals surface area contributed by atoms with Crippen LogP contribution in [-0.4, -0.2) is 9.97 Å². The summed E-state index contributed by atoms with van der Waals surface area (Å²) in [4.78, 5) is 9.48. The highest BCUT2D eigenvalue weighted by Gasteiger charge is 2.10. The summed E-state index contributed by atoms with van der Waals surface area (Å²) in [5.74, 6) is 0. The van der Waals surface area contributed by atoms with Gasteiger partial charge >= 0.3 is 0 Å². The summed E-state index contributed by atoms with van der Waals surface area (Å²) >= 11 is 0. The van der Waals surface area contributed by atoms with Gasteiger partial charge in [0.2, 0.25) is 0 Å². The molecule has 0 N–H and O–H groups in total. The molecule has 4 aromatic rings. The average molecular weight is 258 g/mol. The summed E-state index contributed by atoms with van der Waals surface area (Å²) < 4.78 is 0. The first-order chi connectivity index (χ1) is 9.88. The Morgan fingerprint density at radius 3 is 1.90 bits per heavy atom. The number of rotatable bonds is 1. The van der Waals surface area contributed by atoms with Crippen molar-refractivity contribution in [3.05, 3.63) is 60.4 Å². The van der Waals surface area contributed by atoms with Gasteiger partial charge in [-0.05, 0) is 17.2 Å². The predicted octanol–water partition coefficient (Wildman–Crippen LogP) is 4.50. The van der Waals surface area contributed by atoms with Crippen molar-refractivity contribution in [2.45, 2.75) is 13.3 Å². The van der Waals surface area contributed by atoms with Crippen molar-refractivity contribution >= 4 is 32.6 Å². The van der Waals surface area contributed by atoms with E-state index in [2.05, 4.69) is 60.4 Å². The minimum atomic E-state index is 0.907. The Morgan fingerprint density at radius 1 is 0.750 bits per heavy atom. The molecule has 0 fully saturated rings. The summed E-state index contributed by atoms with van der Waals surface area (Å²) in [5.41, 5.74) is 3.05. The SMILES string of the molecule is CCc1cnc2c3ccccc3c3ccccc3c2n1. The van der Waals surface area contributed by atoms with E-state index in [1.54, 1.807) is 0 Å². The monoisotopic (exact) mass is 258 g/mol. The molecular formula is C18H14N2. The van der Waals surface area contributed by atoms with E-state index < -0.39 is 0 Å². The summed E-state index contributed by atoms with van der Waals surface area (Å²) in [6, 6.07) is 16.9. The lowest BCUT2D eigenvalue weighted by Gasteiger charge is -2.09. The first-order valence-corrected chi connectivity index (χ1v) is 6.93. The lowest BCUT2D eigenvalue weighted by molar-refractivity contribution is 1.03. The fraction of sp³-hybridized carbons (Fsp3) is 0.111. The van der Waals surface area contributed by atoms with Gasteiger partial charge < -0.3 is 0 Å². The van der Waals surface area contributed by atoms with E-state index in [-0.39, 0.29) is 0 Å². The van der Waals surface area contributed by atoms with Crippen molar-refractivity contribution in [2.75, 3.05) is 0 Å². The van der Waals surface area contributed by atoms with Gasteiger partial charge in [0.25, 0.3) is 0 Å². The van der Waals surface area contributed by atoms with Crippen LogP contribution in [0.2, 0.25) is 0 Å². The van der Waals surface area contributed by atoms with Crippen LogP contribution in [0.5, 0.6) is 0 Å². The fourth-order valence-corrected chi connectivity index (χ4v) is 2.83. The van der Waals surface area contributed by atoms with Gasteiger partial charge in [-0.1, -0.05) is 55.5 Å². The second-order valence-corrected chi connectivity index (χ2v) is 5.00. The Bertz CT molecular complexity index is 906. The molecule has 0 bridgehead atoms. The predicted molar refractivity (Wildman–Crippen MR) is 83.9 cm³/mol. The third-order valence-corrected chi connectivity index (χ3v) is 3.84. The van der Waals surface area contributed by atoms with Crippen LogP contribution >= 0.6 is 0 Å². The van der Waals surface area contributed by atoms with Crippen molar-refractivity contribution in [3.63, 3.8) is 0 Å². The first kappa shape index (κ1) is 11.4. The molecule has 1 aromatic heterocycles. The van der Waals surface area contributed by atoms with Gasteiger partial charge in [-0.25, -0.2) is 4.98 Å². The Morgan fingerprint density at radius 2 is 1.30 bits per heavy atom. The Balaban J connectivity index is 2.35. The normalized spacial score (nSPS) is 11.4. The fourth-order valence-electron chi connectivity index (χ4n) is 2.83. The van der Waals surface area contributed by atoms with Gasteiger partial charge in [0.05, 0.1) is 16.7 Å². The molecule has 0 saturated carbocycles. The van der Waals surface area contributed by atoms with Gasteiger partial charge in [-0.15, -0.1) is 0 Å². The van der Waals surface area contributed by atoms with Gasteiger partial charge in [0.15, 0.2) is 0 Å². The molecule has 0 amide bonds. The molecule has 2 nitrogen and oxygen atoms in total. The molecular weight excluding hydrogens is 244 g/mol. The molecule has 0 spiro atoms. The van der Waals surface area contributed by atoms with E-state index in [4.69, 9.17) is 4.98 Å². The molecule has 4 rings (SSSR count). The number of aromatic nitrogens is 2. The van der Waals surface area contributed by atoms with Crippen LogP contribution in [0.1, 0.15) is 12.6 Å². The lowest BCUT2D eigenvalue weighted by atomic mass is 9.99. The van der Waals surface area contributed by atoms with Gasteiger partial charge in [-0.2, -0.15) is 0 Å². The number of benzene rings is 3. The van der Waals surface area contributed by atoms with Gasteiger partial charge in [0, 0.05) is 17.0 Å². The smallest absolute Gasteiger partial charge is 0.0975 e. The molecule has 0 aliphatic heterocycles. The van der Waals surface area contributed by atoms with Crippen molar-refractivity contribution < 1.29 is 0 Å². The zero-order chi connectivity index (χ0) is 13.5. The molecule has 1 heterocycles. The number of aryl methyl sites for hydroxylation is 1. The molecule has 0 radical (unpaired) electrons. The number of hydrogen-bond donors (Lipinski definition) is 0. The highest BCUT2D eigenvalue weighted by molar-refractivity contribution is 6.22. The summed E-state index contributed by atoms with van der Waals surface area (Å²) in [7, 11) is 0. The summed E-state index contributed by atoms with van der Waals surface area (Å²) in [5, 5.41) is 4.85. The minimum absolute atomic E-state index is 0.907. The average Bonchev–Trinajstić information content (AvgIpc) is 2.54. The van der Waals surface area contributed by atoms with Crippen LogP contribution in [-0.2, 0) is 6.42 Å². The van der Waals surface area contributed by atoms with E-state index in [1.807, 2.05) is 6.20 Å². The van der Waals surface area contributed by atoms with E-state index in [0.717, 1.165) is 23.1 Å². The molecule has 2 heteroatoms. The second kappa shape index (κ2) is 4.27. The number of hydrogen-bond acceptors (Lipinski definition) is 2. The minimum Gasteiger partial charge on any atom is -0.252 e. The van der Waals surface area contributed by atoms with Crippen LogP contribution < -0.4 is 0 Å². The molecule has 96 valence electrons. The molecule has 0 unspecified atom stereocenters. The highest BCUT2D eigenvalue weighted by atomic mass is 14.8. The third kappa shape index (κ3) is 1.51. The summed E-state index contributed by atoms with van der Waals surface area (Å²) in [6.07, 6.45) is 2.80. The zero-order valence-corrected chi connectivity index (χ0v) is 11.3. The van der Waals surface area contributed by atoms with Crippen LogP contribution in [0.25, 0.3) is 32.6 Å². The number of fused-ring (bicyclic) bond motifs is 6. The molecule has 20 heavy (non-hydrogen) atoms. The molecule has 0 atom stereocenters. The van der Waals surface area contributed by atoms with Gasteiger partial charge in [0.1, 0.15) is 0 Å². The van der Waals surface area contributed by atoms with Crippen molar-refractivity contribution in [3.8, 4) is 0 Å². The molecule has 0 aliphatic rings. The van der Waals surface area contributed by atoms with Crippen LogP contribution in [0.3, 0.4) is 0 Å². The standard InChI is InChI=1S/C18H14N2/c1-2-12-11-19-17-15-9-5-3-7-13(15)14-8-4-6-10-16(14)18(17)20-12/h3-11H,2H2,1H3. The third-order valence-electron chi connectivity index (χ3n) is 3.84. The zero-order valence-electron chi connectivity index (χ0n) is 11.3. The van der Waals surface area contributed by atoms with E-state index in [0.29, 0.717) is 0 Å². The lowest BCUT2D eigenvalue weighted by Crippen LogP contribution is -1.93.